The van der Waals surface area contributed by atoms with Crippen LogP contribution in [-0.2, 0) is 0 Å². The number of nitrogens with zero attached hydrogens (tertiary/aromatic N) is 4. The van der Waals surface area contributed by atoms with E-state index < -0.39 is 0 Å². The Morgan fingerprint density at radius 3 is 2.57 bits per heavy atom. The van der Waals surface area contributed by atoms with Crippen LogP contribution in [0.5, 0.6) is 0 Å². The molecule has 1 fully saturated rings. The molecule has 0 aromatic carbocycles. The third kappa shape index (κ3) is 3.99. The van der Waals surface area contributed by atoms with Crippen molar-refractivity contribution in [1.82, 2.24) is 4.90 Å². The highest BCUT2D eigenvalue weighted by molar-refractivity contribution is 4.78. The summed E-state index contributed by atoms with van der Waals surface area (Å²) >= 11 is 0. The summed E-state index contributed by atoms with van der Waals surface area (Å²) in [5, 5.41) is 3.54. The van der Waals surface area contributed by atoms with Gasteiger partial charge in [-0.2, -0.15) is 0 Å². The van der Waals surface area contributed by atoms with Crippen LogP contribution < -0.4 is 0 Å². The fraction of sp³-hybridized carbons (Fsp3) is 1.00. The number of hydrogen-bond acceptors (Lipinski definition) is 2. The van der Waals surface area contributed by atoms with E-state index in [1.165, 1.54) is 25.9 Å². The zero-order valence-electron chi connectivity index (χ0n) is 9.24. The van der Waals surface area contributed by atoms with Crippen molar-refractivity contribution in [3.05, 3.63) is 10.4 Å². The summed E-state index contributed by atoms with van der Waals surface area (Å²) in [6.07, 6.45) is 3.56. The molecule has 0 saturated carbocycles. The van der Waals surface area contributed by atoms with Gasteiger partial charge in [-0.15, -0.1) is 0 Å². The zero-order valence-corrected chi connectivity index (χ0v) is 9.24. The lowest BCUT2D eigenvalue weighted by molar-refractivity contribution is 0.132. The maximum Gasteiger partial charge on any atom is 0.0270 e. The Labute approximate surface area is 85.9 Å². The van der Waals surface area contributed by atoms with E-state index in [1.807, 2.05) is 0 Å². The molecule has 1 saturated heterocycles. The van der Waals surface area contributed by atoms with E-state index in [9.17, 15) is 0 Å². The molecule has 1 heterocycles. The van der Waals surface area contributed by atoms with Crippen LogP contribution >= 0.6 is 0 Å². The number of hydrogen-bond donors (Lipinski definition) is 0. The highest BCUT2D eigenvalue weighted by Gasteiger charge is 2.24. The van der Waals surface area contributed by atoms with Crippen molar-refractivity contribution in [3.63, 3.8) is 0 Å². The van der Waals surface area contributed by atoms with Gasteiger partial charge in [0, 0.05) is 11.5 Å². The van der Waals surface area contributed by atoms with Crippen molar-refractivity contribution >= 4 is 0 Å². The molecule has 0 aromatic heterocycles. The van der Waals surface area contributed by atoms with Gasteiger partial charge in [-0.1, -0.05) is 19.0 Å². The molecule has 0 atom stereocenters. The lowest BCUT2D eigenvalue weighted by atomic mass is 9.83. The van der Waals surface area contributed by atoms with Crippen LogP contribution in [0.25, 0.3) is 10.4 Å². The molecule has 1 aliphatic rings. The van der Waals surface area contributed by atoms with Crippen LogP contribution in [0.4, 0.5) is 0 Å². The van der Waals surface area contributed by atoms with Crippen molar-refractivity contribution in [2.45, 2.75) is 33.1 Å². The van der Waals surface area contributed by atoms with Crippen LogP contribution in [0.2, 0.25) is 0 Å². The third-order valence-corrected chi connectivity index (χ3v) is 3.01. The minimum Gasteiger partial charge on any atom is -0.303 e. The molecule has 0 N–H and O–H groups in total. The highest BCUT2D eigenvalue weighted by atomic mass is 15.1. The normalized spacial score (nSPS) is 21.6. The first-order chi connectivity index (χ1) is 6.64. The van der Waals surface area contributed by atoms with Crippen molar-refractivity contribution in [3.8, 4) is 0 Å². The minimum atomic E-state index is 0.529. The van der Waals surface area contributed by atoms with Gasteiger partial charge in [0.05, 0.1) is 0 Å². The zero-order chi connectivity index (χ0) is 10.4. The van der Waals surface area contributed by atoms with Gasteiger partial charge in [0.1, 0.15) is 0 Å². The number of azide groups is 1. The summed E-state index contributed by atoms with van der Waals surface area (Å²) in [5.41, 5.74) is 8.65. The van der Waals surface area contributed by atoms with Gasteiger partial charge in [0.2, 0.25) is 0 Å². The second-order valence-electron chi connectivity index (χ2n) is 4.81. The quantitative estimate of drug-likeness (QED) is 0.295. The van der Waals surface area contributed by atoms with Crippen molar-refractivity contribution in [1.29, 1.82) is 0 Å². The van der Waals surface area contributed by atoms with Gasteiger partial charge in [-0.05, 0) is 49.8 Å². The van der Waals surface area contributed by atoms with Gasteiger partial charge in [0.15, 0.2) is 0 Å². The molecule has 0 radical (unpaired) electrons. The number of likely N-dealkylation sites (tertiary alicyclic amines) is 1. The van der Waals surface area contributed by atoms with E-state index in [0.29, 0.717) is 12.0 Å². The summed E-state index contributed by atoms with van der Waals surface area (Å²) in [6, 6.07) is 0. The third-order valence-electron chi connectivity index (χ3n) is 3.01. The van der Waals surface area contributed by atoms with Crippen molar-refractivity contribution in [2.75, 3.05) is 26.2 Å². The maximum atomic E-state index is 8.12. The van der Waals surface area contributed by atoms with E-state index in [2.05, 4.69) is 28.8 Å². The largest absolute Gasteiger partial charge is 0.303 e. The summed E-state index contributed by atoms with van der Waals surface area (Å²) < 4.78 is 0. The van der Waals surface area contributed by atoms with Gasteiger partial charge >= 0.3 is 0 Å². The van der Waals surface area contributed by atoms with E-state index >= 15 is 0 Å². The molecule has 0 aromatic rings. The maximum absolute atomic E-state index is 8.12. The predicted molar refractivity (Wildman–Crippen MR) is 58.1 cm³/mol. The van der Waals surface area contributed by atoms with Crippen LogP contribution in [0, 0.1) is 5.41 Å². The molecule has 4 nitrogen and oxygen atoms in total. The Morgan fingerprint density at radius 2 is 2.00 bits per heavy atom. The van der Waals surface area contributed by atoms with E-state index in [0.717, 1.165) is 13.0 Å². The molecule has 0 amide bonds. The smallest absolute Gasteiger partial charge is 0.0270 e. The molecule has 4 heteroatoms. The van der Waals surface area contributed by atoms with Crippen molar-refractivity contribution < 1.29 is 0 Å². The molecule has 14 heavy (non-hydrogen) atoms. The Bertz CT molecular complexity index is 208. The highest BCUT2D eigenvalue weighted by Crippen LogP contribution is 2.29. The Kier molecular flexibility index (Phi) is 4.23. The van der Waals surface area contributed by atoms with Crippen LogP contribution in [0.1, 0.15) is 33.1 Å². The lowest BCUT2D eigenvalue weighted by Gasteiger charge is -2.36. The molecule has 1 aliphatic heterocycles. The monoisotopic (exact) mass is 196 g/mol. The first kappa shape index (κ1) is 11.3. The summed E-state index contributed by atoms with van der Waals surface area (Å²) in [7, 11) is 0. The van der Waals surface area contributed by atoms with Crippen LogP contribution in [0.3, 0.4) is 0 Å². The molecule has 80 valence electrons. The summed E-state index contributed by atoms with van der Waals surface area (Å²) in [5.74, 6) is 0. The van der Waals surface area contributed by atoms with E-state index in [-0.39, 0.29) is 0 Å². The Hall–Kier alpha value is -0.730. The summed E-state index contributed by atoms with van der Waals surface area (Å²) in [6.45, 7) is 8.78. The predicted octanol–water partition coefficient (Wildman–Crippen LogP) is 2.81. The van der Waals surface area contributed by atoms with Crippen molar-refractivity contribution in [2.24, 2.45) is 10.5 Å². The molecule has 1 rings (SSSR count). The van der Waals surface area contributed by atoms with E-state index in [1.54, 1.807) is 0 Å². The van der Waals surface area contributed by atoms with Crippen LogP contribution in [0.15, 0.2) is 5.11 Å². The lowest BCUT2D eigenvalue weighted by Crippen LogP contribution is -2.37. The second-order valence-corrected chi connectivity index (χ2v) is 4.81. The number of rotatable bonds is 4. The topological polar surface area (TPSA) is 52.0 Å². The number of piperidine rings is 1. The van der Waals surface area contributed by atoms with Gasteiger partial charge in [0.25, 0.3) is 0 Å². The minimum absolute atomic E-state index is 0.529. The molecular weight excluding hydrogens is 176 g/mol. The summed E-state index contributed by atoms with van der Waals surface area (Å²) in [4.78, 5) is 5.22. The molecule has 0 bridgehead atoms. The van der Waals surface area contributed by atoms with E-state index in [4.69, 9.17) is 5.53 Å². The standard InChI is InChI=1S/C10H20N4/c1-10(2)4-8-14(9-5-10)7-3-6-12-13-11/h3-9H2,1-2H3. The first-order valence-electron chi connectivity index (χ1n) is 5.37. The second kappa shape index (κ2) is 5.23. The fourth-order valence-corrected chi connectivity index (χ4v) is 1.79. The molecular formula is C10H20N4. The first-order valence-corrected chi connectivity index (χ1v) is 5.37. The average molecular weight is 196 g/mol. The van der Waals surface area contributed by atoms with Gasteiger partial charge < -0.3 is 4.90 Å². The SMILES string of the molecule is CC1(C)CCN(CCCN=[N+]=[N-])CC1. The van der Waals surface area contributed by atoms with Crippen LogP contribution in [-0.4, -0.2) is 31.1 Å². The fourth-order valence-electron chi connectivity index (χ4n) is 1.79. The Morgan fingerprint density at radius 1 is 1.36 bits per heavy atom. The molecule has 0 spiro atoms. The Balaban J connectivity index is 2.13. The van der Waals surface area contributed by atoms with Gasteiger partial charge in [-0.3, -0.25) is 0 Å². The van der Waals surface area contributed by atoms with Gasteiger partial charge in [-0.25, -0.2) is 0 Å². The average Bonchev–Trinajstić information content (AvgIpc) is 2.15. The molecule has 0 unspecified atom stereocenters. The molecule has 0 aliphatic carbocycles.